The van der Waals surface area contributed by atoms with Gasteiger partial charge in [-0.2, -0.15) is 0 Å². The highest BCUT2D eigenvalue weighted by atomic mass is 32.2. The van der Waals surface area contributed by atoms with E-state index in [2.05, 4.69) is 9.71 Å². The number of hydrogen-bond acceptors (Lipinski definition) is 4. The van der Waals surface area contributed by atoms with Gasteiger partial charge in [-0.05, 0) is 43.5 Å². The quantitative estimate of drug-likeness (QED) is 0.639. The molecular formula is C23H23N3O3S. The Bertz CT molecular complexity index is 1290. The zero-order valence-corrected chi connectivity index (χ0v) is 18.1. The SMILES string of the molecule is C/C=C(\c1ccccc1C)c1nc(C(=O)NS(=O)(=C=O)c2ccccc2C)cn1C. The average molecular weight is 422 g/mol. The van der Waals surface area contributed by atoms with Gasteiger partial charge >= 0.3 is 0 Å². The highest BCUT2D eigenvalue weighted by Gasteiger charge is 2.22. The van der Waals surface area contributed by atoms with Gasteiger partial charge in [0.15, 0.2) is 9.71 Å². The maximum atomic E-state index is 13.1. The maximum Gasteiger partial charge on any atom is 0.283 e. The molecule has 0 spiro atoms. The molecule has 1 amide bonds. The van der Waals surface area contributed by atoms with E-state index in [1.54, 1.807) is 49.0 Å². The Labute approximate surface area is 176 Å². The van der Waals surface area contributed by atoms with Crippen molar-refractivity contribution in [3.63, 3.8) is 0 Å². The lowest BCUT2D eigenvalue weighted by molar-refractivity contribution is 0.0978. The van der Waals surface area contributed by atoms with Crippen LogP contribution in [0.5, 0.6) is 0 Å². The molecule has 1 aromatic heterocycles. The van der Waals surface area contributed by atoms with Gasteiger partial charge in [0.05, 0.1) is 4.90 Å². The van der Waals surface area contributed by atoms with E-state index in [9.17, 15) is 13.8 Å². The van der Waals surface area contributed by atoms with Crippen LogP contribution in [0.25, 0.3) is 5.57 Å². The van der Waals surface area contributed by atoms with Gasteiger partial charge in [0.2, 0.25) is 5.23 Å². The van der Waals surface area contributed by atoms with Gasteiger partial charge in [0, 0.05) is 18.8 Å². The monoisotopic (exact) mass is 421 g/mol. The molecule has 0 bridgehead atoms. The number of rotatable bonds is 5. The Morgan fingerprint density at radius 2 is 1.73 bits per heavy atom. The van der Waals surface area contributed by atoms with E-state index < -0.39 is 15.6 Å². The number of imidazole rings is 1. The molecule has 154 valence electrons. The number of nitrogens with zero attached hydrogens (tertiary/aromatic N) is 2. The number of amides is 1. The van der Waals surface area contributed by atoms with Crippen LogP contribution in [0.4, 0.5) is 0 Å². The fourth-order valence-corrected chi connectivity index (χ4v) is 4.69. The molecule has 1 unspecified atom stereocenters. The van der Waals surface area contributed by atoms with Crippen LogP contribution in [0.3, 0.4) is 0 Å². The third kappa shape index (κ3) is 3.99. The summed E-state index contributed by atoms with van der Waals surface area (Å²) in [5.74, 6) is -0.108. The molecule has 0 radical (unpaired) electrons. The lowest BCUT2D eigenvalue weighted by Gasteiger charge is -2.11. The summed E-state index contributed by atoms with van der Waals surface area (Å²) in [4.78, 5) is 29.1. The van der Waals surface area contributed by atoms with Crippen LogP contribution in [0.15, 0.2) is 65.7 Å². The van der Waals surface area contributed by atoms with Gasteiger partial charge in [0.25, 0.3) is 5.91 Å². The second-order valence-corrected chi connectivity index (χ2v) is 8.84. The summed E-state index contributed by atoms with van der Waals surface area (Å²) in [6.07, 6.45) is 3.48. The van der Waals surface area contributed by atoms with Gasteiger partial charge in [0.1, 0.15) is 11.5 Å². The summed E-state index contributed by atoms with van der Waals surface area (Å²) < 4.78 is 17.2. The Kier molecular flexibility index (Phi) is 6.06. The second kappa shape index (κ2) is 8.53. The lowest BCUT2D eigenvalue weighted by Crippen LogP contribution is -2.31. The molecule has 6 nitrogen and oxygen atoms in total. The molecule has 2 aromatic carbocycles. The summed E-state index contributed by atoms with van der Waals surface area (Å²) in [5, 5.41) is 1.52. The predicted molar refractivity (Wildman–Crippen MR) is 118 cm³/mol. The number of aromatic nitrogens is 2. The number of carbonyl (C=O) groups is 1. The van der Waals surface area contributed by atoms with E-state index in [0.717, 1.165) is 16.7 Å². The highest BCUT2D eigenvalue weighted by molar-refractivity contribution is 7.99. The number of nitrogens with one attached hydrogen (secondary N) is 1. The largest absolute Gasteiger partial charge is 0.333 e. The molecule has 1 N–H and O–H groups in total. The molecule has 1 heterocycles. The van der Waals surface area contributed by atoms with Crippen LogP contribution in [0, 0.1) is 13.8 Å². The minimum Gasteiger partial charge on any atom is -0.333 e. The van der Waals surface area contributed by atoms with E-state index in [1.807, 2.05) is 44.2 Å². The Hall–Kier alpha value is -3.41. The van der Waals surface area contributed by atoms with Crippen molar-refractivity contribution >= 4 is 26.4 Å². The van der Waals surface area contributed by atoms with Crippen LogP contribution >= 0.6 is 0 Å². The maximum absolute atomic E-state index is 13.1. The van der Waals surface area contributed by atoms with Crippen molar-refractivity contribution in [3.05, 3.63) is 89.0 Å². The van der Waals surface area contributed by atoms with Crippen LogP contribution in [-0.2, 0) is 21.5 Å². The topological polar surface area (TPSA) is 81.1 Å². The molecule has 3 aromatic rings. The van der Waals surface area contributed by atoms with Gasteiger partial charge < -0.3 is 4.57 Å². The average Bonchev–Trinajstić information content (AvgIpc) is 3.12. The summed E-state index contributed by atoms with van der Waals surface area (Å²) >= 11 is 0. The molecule has 0 saturated carbocycles. The number of carbonyl (C=O) groups excluding carboxylic acids is 2. The minimum absolute atomic E-state index is 0.0667. The first-order chi connectivity index (χ1) is 14.3. The predicted octanol–water partition coefficient (Wildman–Crippen LogP) is 3.54. The second-order valence-electron chi connectivity index (χ2n) is 6.91. The highest BCUT2D eigenvalue weighted by Crippen LogP contribution is 2.25. The Morgan fingerprint density at radius 1 is 1.10 bits per heavy atom. The number of hydrogen-bond donors (Lipinski definition) is 1. The van der Waals surface area contributed by atoms with Gasteiger partial charge in [-0.1, -0.05) is 48.5 Å². The Morgan fingerprint density at radius 3 is 2.33 bits per heavy atom. The summed E-state index contributed by atoms with van der Waals surface area (Å²) in [7, 11) is -1.76. The summed E-state index contributed by atoms with van der Waals surface area (Å²) in [6.45, 7) is 5.63. The van der Waals surface area contributed by atoms with Crippen LogP contribution in [0.1, 0.15) is 39.9 Å². The van der Waals surface area contributed by atoms with Gasteiger partial charge in [-0.25, -0.2) is 14.0 Å². The van der Waals surface area contributed by atoms with Crippen molar-refractivity contribution in [1.29, 1.82) is 0 Å². The zero-order valence-electron chi connectivity index (χ0n) is 17.3. The number of aryl methyl sites for hydroxylation is 3. The fourth-order valence-electron chi connectivity index (χ4n) is 3.29. The first kappa shape index (κ1) is 21.3. The first-order valence-corrected chi connectivity index (χ1v) is 10.9. The molecule has 7 heteroatoms. The molecule has 0 aliphatic carbocycles. The molecular weight excluding hydrogens is 398 g/mol. The van der Waals surface area contributed by atoms with Crippen molar-refractivity contribution in [2.75, 3.05) is 0 Å². The van der Waals surface area contributed by atoms with E-state index >= 15 is 0 Å². The zero-order chi connectivity index (χ0) is 21.9. The number of benzene rings is 2. The Balaban J connectivity index is 1.98. The lowest BCUT2D eigenvalue weighted by atomic mass is 10.00. The molecule has 0 aliphatic heterocycles. The third-order valence-electron chi connectivity index (χ3n) is 4.83. The fraction of sp³-hybridized carbons (Fsp3) is 0.174. The third-order valence-corrected chi connectivity index (χ3v) is 6.62. The normalized spacial score (nSPS) is 13.4. The summed E-state index contributed by atoms with van der Waals surface area (Å²) in [6, 6.07) is 14.6. The van der Waals surface area contributed by atoms with Crippen LogP contribution < -0.4 is 4.72 Å². The van der Waals surface area contributed by atoms with Crippen molar-refractivity contribution in [3.8, 4) is 0 Å². The standard InChI is InChI=1S/C23H23N3O3S/c1-5-18(19-12-8-6-10-16(19)2)22-24-20(14-26(22)4)23(28)25-30(29,15-27)21-13-9-7-11-17(21)3/h5-14H,1-4H3,(H,25,28,29)/b18-5+. The molecule has 3 rings (SSSR count). The van der Waals surface area contributed by atoms with Gasteiger partial charge in [-0.15, -0.1) is 0 Å². The molecule has 0 saturated heterocycles. The smallest absolute Gasteiger partial charge is 0.283 e. The van der Waals surface area contributed by atoms with E-state index in [1.165, 1.54) is 5.23 Å². The van der Waals surface area contributed by atoms with Crippen molar-refractivity contribution in [2.45, 2.75) is 25.7 Å². The van der Waals surface area contributed by atoms with E-state index in [-0.39, 0.29) is 10.6 Å². The molecule has 1 atom stereocenters. The van der Waals surface area contributed by atoms with Crippen molar-refractivity contribution in [2.24, 2.45) is 7.05 Å². The van der Waals surface area contributed by atoms with E-state index in [0.29, 0.717) is 11.4 Å². The molecule has 0 fully saturated rings. The summed E-state index contributed by atoms with van der Waals surface area (Å²) in [5.41, 5.74) is 3.65. The van der Waals surface area contributed by atoms with Gasteiger partial charge in [-0.3, -0.25) is 9.52 Å². The minimum atomic E-state index is -3.54. The van der Waals surface area contributed by atoms with Crippen molar-refractivity contribution < 1.29 is 13.8 Å². The van der Waals surface area contributed by atoms with E-state index in [4.69, 9.17) is 0 Å². The molecule has 0 aliphatic rings. The van der Waals surface area contributed by atoms with Crippen LogP contribution in [0.2, 0.25) is 0 Å². The van der Waals surface area contributed by atoms with Crippen LogP contribution in [-0.4, -0.2) is 24.9 Å². The van der Waals surface area contributed by atoms with Crippen molar-refractivity contribution in [1.82, 2.24) is 14.3 Å². The molecule has 30 heavy (non-hydrogen) atoms. The number of allylic oxidation sites excluding steroid dienone is 1. The first-order valence-electron chi connectivity index (χ1n) is 9.37.